The van der Waals surface area contributed by atoms with Crippen molar-refractivity contribution < 1.29 is 18.8 Å². The first-order valence-corrected chi connectivity index (χ1v) is 6.90. The number of carbonyl (C=O) groups is 1. The summed E-state index contributed by atoms with van der Waals surface area (Å²) in [4.78, 5) is 10.6. The molecule has 0 N–H and O–H groups in total. The van der Waals surface area contributed by atoms with Crippen LogP contribution in [0.2, 0.25) is 0 Å². The number of esters is 1. The van der Waals surface area contributed by atoms with Crippen LogP contribution in [0.1, 0.15) is 53.9 Å². The summed E-state index contributed by atoms with van der Waals surface area (Å²) in [5.41, 5.74) is -0.561. The molecule has 4 nitrogen and oxygen atoms in total. The molecule has 0 saturated carbocycles. The molecule has 0 amide bonds. The summed E-state index contributed by atoms with van der Waals surface area (Å²) in [6.45, 7) is 10.1. The Kier molecular flexibility index (Phi) is 5.62. The van der Waals surface area contributed by atoms with E-state index in [9.17, 15) is 4.79 Å². The molecule has 1 fully saturated rings. The molecule has 1 saturated heterocycles. The lowest BCUT2D eigenvalue weighted by molar-refractivity contribution is -0.141. The number of ether oxygens (including phenoxy) is 1. The summed E-state index contributed by atoms with van der Waals surface area (Å²) in [6.07, 6.45) is 4.87. The van der Waals surface area contributed by atoms with Crippen molar-refractivity contribution in [2.45, 2.75) is 65.1 Å². The summed E-state index contributed by atoms with van der Waals surface area (Å²) < 4.78 is 16.6. The average Bonchev–Trinajstić information content (AvgIpc) is 2.45. The van der Waals surface area contributed by atoms with Crippen LogP contribution in [0.4, 0.5) is 0 Å². The van der Waals surface area contributed by atoms with Crippen molar-refractivity contribution in [1.29, 1.82) is 0 Å². The van der Waals surface area contributed by atoms with E-state index in [0.29, 0.717) is 6.61 Å². The van der Waals surface area contributed by atoms with Gasteiger partial charge in [-0.25, -0.2) is 0 Å². The van der Waals surface area contributed by atoms with Crippen molar-refractivity contribution in [3.8, 4) is 0 Å². The van der Waals surface area contributed by atoms with Crippen LogP contribution in [0.15, 0.2) is 12.1 Å². The van der Waals surface area contributed by atoms with E-state index in [2.05, 4.69) is 6.08 Å². The third-order valence-corrected chi connectivity index (χ3v) is 3.64. The smallest absolute Gasteiger partial charge is 0.466 e. The molecular weight excluding hydrogens is 243 g/mol. The van der Waals surface area contributed by atoms with Gasteiger partial charge in [0.15, 0.2) is 0 Å². The number of hydrogen-bond donors (Lipinski definition) is 0. The molecule has 0 bridgehead atoms. The van der Waals surface area contributed by atoms with Crippen molar-refractivity contribution in [1.82, 2.24) is 0 Å². The summed E-state index contributed by atoms with van der Waals surface area (Å²) in [5, 5.41) is 0. The molecule has 0 aromatic carbocycles. The SMILES string of the molecule is CC(=O)OCCCCC=CB1OC(C)(C)C(C)(C)O1. The van der Waals surface area contributed by atoms with Gasteiger partial charge < -0.3 is 14.0 Å². The van der Waals surface area contributed by atoms with E-state index in [0.717, 1.165) is 19.3 Å². The molecule has 1 rings (SSSR count). The van der Waals surface area contributed by atoms with Crippen molar-refractivity contribution in [2.75, 3.05) is 6.61 Å². The van der Waals surface area contributed by atoms with Crippen molar-refractivity contribution in [2.24, 2.45) is 0 Å². The summed E-state index contributed by atoms with van der Waals surface area (Å²) in [7, 11) is -0.265. The van der Waals surface area contributed by atoms with Crippen LogP contribution in [0, 0.1) is 0 Å². The van der Waals surface area contributed by atoms with Crippen molar-refractivity contribution in [3.05, 3.63) is 12.1 Å². The minimum absolute atomic E-state index is 0.215. The van der Waals surface area contributed by atoms with Crippen LogP contribution in [0.5, 0.6) is 0 Å². The fraction of sp³-hybridized carbons (Fsp3) is 0.786. The monoisotopic (exact) mass is 268 g/mol. The Hall–Kier alpha value is -0.805. The molecule has 0 aromatic rings. The number of unbranched alkanes of at least 4 members (excludes halogenated alkanes) is 2. The maximum Gasteiger partial charge on any atom is 0.486 e. The molecule has 0 unspecified atom stereocenters. The van der Waals surface area contributed by atoms with Gasteiger partial charge in [-0.1, -0.05) is 12.1 Å². The molecule has 0 atom stereocenters. The fourth-order valence-corrected chi connectivity index (χ4v) is 1.75. The molecule has 5 heteroatoms. The van der Waals surface area contributed by atoms with E-state index in [1.165, 1.54) is 6.92 Å². The van der Waals surface area contributed by atoms with E-state index < -0.39 is 0 Å². The Balaban J connectivity index is 2.19. The Bertz CT molecular complexity index is 320. The van der Waals surface area contributed by atoms with E-state index in [1.54, 1.807) is 0 Å². The topological polar surface area (TPSA) is 44.8 Å². The van der Waals surface area contributed by atoms with Gasteiger partial charge in [0, 0.05) is 6.92 Å². The van der Waals surface area contributed by atoms with Gasteiger partial charge >= 0.3 is 13.1 Å². The maximum atomic E-state index is 10.6. The van der Waals surface area contributed by atoms with Gasteiger partial charge in [-0.15, -0.1) is 0 Å². The molecule has 0 radical (unpaired) electrons. The third kappa shape index (κ3) is 4.99. The minimum atomic E-state index is -0.280. The van der Waals surface area contributed by atoms with Crippen LogP contribution in [-0.4, -0.2) is 30.9 Å². The molecule has 1 heterocycles. The highest BCUT2D eigenvalue weighted by molar-refractivity contribution is 6.51. The summed E-state index contributed by atoms with van der Waals surface area (Å²) in [5.74, 6) is 1.75. The van der Waals surface area contributed by atoms with Crippen LogP contribution in [0.3, 0.4) is 0 Å². The molecule has 1 aliphatic rings. The Morgan fingerprint density at radius 2 is 1.74 bits per heavy atom. The van der Waals surface area contributed by atoms with Crippen molar-refractivity contribution in [3.63, 3.8) is 0 Å². The maximum absolute atomic E-state index is 10.6. The highest BCUT2D eigenvalue weighted by Crippen LogP contribution is 2.36. The second-order valence-corrected chi connectivity index (χ2v) is 5.89. The first-order chi connectivity index (χ1) is 8.74. The van der Waals surface area contributed by atoms with Gasteiger partial charge in [-0.2, -0.15) is 0 Å². The zero-order chi connectivity index (χ0) is 14.5. The second kappa shape index (κ2) is 6.57. The lowest BCUT2D eigenvalue weighted by Crippen LogP contribution is -2.41. The molecule has 0 aromatic heterocycles. The number of allylic oxidation sites excluding steroid dienone is 1. The normalized spacial score (nSPS) is 21.0. The lowest BCUT2D eigenvalue weighted by Gasteiger charge is -2.32. The van der Waals surface area contributed by atoms with Crippen LogP contribution in [0.25, 0.3) is 0 Å². The molecule has 0 aliphatic carbocycles. The van der Waals surface area contributed by atoms with Crippen molar-refractivity contribution >= 4 is 13.1 Å². The van der Waals surface area contributed by atoms with E-state index in [4.69, 9.17) is 14.0 Å². The van der Waals surface area contributed by atoms with Gasteiger partial charge in [0.1, 0.15) is 0 Å². The molecular formula is C14H25BO4. The number of hydrogen-bond acceptors (Lipinski definition) is 4. The second-order valence-electron chi connectivity index (χ2n) is 5.89. The molecule has 19 heavy (non-hydrogen) atoms. The highest BCUT2D eigenvalue weighted by atomic mass is 16.7. The quantitative estimate of drug-likeness (QED) is 0.422. The standard InChI is InChI=1S/C14H25BO4/c1-12(16)17-11-9-7-6-8-10-15-18-13(2,3)14(4,5)19-15/h8,10H,6-7,9,11H2,1-5H3. The van der Waals surface area contributed by atoms with Gasteiger partial charge in [0.25, 0.3) is 0 Å². The largest absolute Gasteiger partial charge is 0.486 e. The average molecular weight is 268 g/mol. The van der Waals surface area contributed by atoms with E-state index in [-0.39, 0.29) is 24.3 Å². The number of carbonyl (C=O) groups excluding carboxylic acids is 1. The summed E-state index contributed by atoms with van der Waals surface area (Å²) in [6, 6.07) is 0. The first kappa shape index (κ1) is 16.2. The van der Waals surface area contributed by atoms with Gasteiger partial charge in [0.2, 0.25) is 0 Å². The minimum Gasteiger partial charge on any atom is -0.466 e. The fourth-order valence-electron chi connectivity index (χ4n) is 1.75. The Labute approximate surface area is 116 Å². The predicted molar refractivity (Wildman–Crippen MR) is 75.7 cm³/mol. The van der Waals surface area contributed by atoms with Gasteiger partial charge in [0.05, 0.1) is 17.8 Å². The van der Waals surface area contributed by atoms with Crippen LogP contribution >= 0.6 is 0 Å². The van der Waals surface area contributed by atoms with E-state index >= 15 is 0 Å². The van der Waals surface area contributed by atoms with Gasteiger partial charge in [-0.05, 0) is 47.0 Å². The first-order valence-electron chi connectivity index (χ1n) is 6.90. The van der Waals surface area contributed by atoms with E-state index in [1.807, 2.05) is 33.7 Å². The highest BCUT2D eigenvalue weighted by Gasteiger charge is 2.49. The molecule has 108 valence electrons. The van der Waals surface area contributed by atoms with Crippen LogP contribution in [-0.2, 0) is 18.8 Å². The Morgan fingerprint density at radius 1 is 1.16 bits per heavy atom. The number of rotatable bonds is 6. The van der Waals surface area contributed by atoms with Gasteiger partial charge in [-0.3, -0.25) is 4.79 Å². The zero-order valence-electron chi connectivity index (χ0n) is 12.7. The lowest BCUT2D eigenvalue weighted by atomic mass is 9.89. The third-order valence-electron chi connectivity index (χ3n) is 3.64. The predicted octanol–water partition coefficient (Wildman–Crippen LogP) is 2.91. The summed E-state index contributed by atoms with van der Waals surface area (Å²) >= 11 is 0. The zero-order valence-corrected chi connectivity index (χ0v) is 12.7. The van der Waals surface area contributed by atoms with Crippen LogP contribution < -0.4 is 0 Å². The Morgan fingerprint density at radius 3 is 2.26 bits per heavy atom. The molecule has 1 aliphatic heterocycles. The molecule has 0 spiro atoms.